The highest BCUT2D eigenvalue weighted by molar-refractivity contribution is 9.10. The molecule has 0 aliphatic carbocycles. The molecular weight excluding hydrogens is 298 g/mol. The number of hydrogen-bond acceptors (Lipinski definition) is 4. The molecule has 6 nitrogen and oxygen atoms in total. The quantitative estimate of drug-likeness (QED) is 0.925. The maximum atomic E-state index is 11.9. The molecule has 0 aliphatic rings. The van der Waals surface area contributed by atoms with Crippen molar-refractivity contribution < 1.29 is 4.79 Å². The summed E-state index contributed by atoms with van der Waals surface area (Å²) < 4.78 is 2.45. The van der Waals surface area contributed by atoms with Crippen LogP contribution in [0.5, 0.6) is 0 Å². The molecule has 0 aliphatic heterocycles. The molecule has 0 saturated carbocycles. The second-order valence-corrected chi connectivity index (χ2v) is 4.88. The zero-order valence-corrected chi connectivity index (χ0v) is 11.8. The minimum absolute atomic E-state index is 0.0202. The number of amides is 1. The molecule has 2 rings (SSSR count). The van der Waals surface area contributed by atoms with E-state index in [0.717, 1.165) is 4.47 Å². The van der Waals surface area contributed by atoms with Gasteiger partial charge >= 0.3 is 0 Å². The van der Waals surface area contributed by atoms with Crippen molar-refractivity contribution in [1.29, 1.82) is 0 Å². The van der Waals surface area contributed by atoms with Crippen LogP contribution in [0, 0.1) is 0 Å². The highest BCUT2D eigenvalue weighted by Crippen LogP contribution is 2.19. The molecule has 0 saturated heterocycles. The van der Waals surface area contributed by atoms with E-state index < -0.39 is 0 Å². The number of carbonyl (C=O) groups excluding carboxylic acids is 1. The van der Waals surface area contributed by atoms with Gasteiger partial charge in [0.25, 0.3) is 0 Å². The topological polar surface area (TPSA) is 77.0 Å². The Labute approximate surface area is 113 Å². The van der Waals surface area contributed by atoms with Crippen molar-refractivity contribution in [3.8, 4) is 0 Å². The summed E-state index contributed by atoms with van der Waals surface area (Å²) in [5.41, 5.74) is 7.11. The number of fused-ring (bicyclic) bond motifs is 1. The maximum Gasteiger partial charge on any atom is 0.242 e. The van der Waals surface area contributed by atoms with E-state index in [9.17, 15) is 4.79 Å². The first kappa shape index (κ1) is 12.8. The van der Waals surface area contributed by atoms with Crippen LogP contribution in [0.25, 0.3) is 11.2 Å². The number of halogens is 1. The number of imidazole rings is 1. The zero-order valence-electron chi connectivity index (χ0n) is 10.2. The number of likely N-dealkylation sites (N-methyl/N-ethyl adjacent to an activating group) is 1. The van der Waals surface area contributed by atoms with Gasteiger partial charge in [0.05, 0.1) is 0 Å². The van der Waals surface area contributed by atoms with Crippen LogP contribution in [-0.2, 0) is 11.3 Å². The molecule has 2 aromatic rings. The molecule has 0 unspecified atom stereocenters. The molecule has 2 aromatic heterocycles. The second-order valence-electron chi connectivity index (χ2n) is 3.96. The number of nitrogen functional groups attached to an aromatic ring is 1. The number of nitrogens with two attached hydrogens (primary N) is 1. The van der Waals surface area contributed by atoms with Crippen LogP contribution in [0.3, 0.4) is 0 Å². The first-order valence-corrected chi connectivity index (χ1v) is 6.33. The van der Waals surface area contributed by atoms with E-state index in [1.165, 1.54) is 0 Å². The van der Waals surface area contributed by atoms with Gasteiger partial charge in [0.15, 0.2) is 5.65 Å². The Kier molecular flexibility index (Phi) is 3.51. The van der Waals surface area contributed by atoms with Gasteiger partial charge in [0.1, 0.15) is 12.1 Å². The average molecular weight is 312 g/mol. The van der Waals surface area contributed by atoms with E-state index in [1.807, 2.05) is 13.0 Å². The fourth-order valence-corrected chi connectivity index (χ4v) is 1.91. The number of nitrogens with zero attached hydrogens (tertiary/aromatic N) is 4. The summed E-state index contributed by atoms with van der Waals surface area (Å²) in [6.45, 7) is 2.73. The van der Waals surface area contributed by atoms with Gasteiger partial charge in [-0.2, -0.15) is 0 Å². The van der Waals surface area contributed by atoms with E-state index in [1.54, 1.807) is 22.7 Å². The van der Waals surface area contributed by atoms with Gasteiger partial charge in [0.2, 0.25) is 11.9 Å². The van der Waals surface area contributed by atoms with Crippen LogP contribution in [-0.4, -0.2) is 38.9 Å². The van der Waals surface area contributed by atoms with Gasteiger partial charge in [-0.1, -0.05) is 0 Å². The number of carbonyl (C=O) groups is 1. The standard InChI is InChI=1S/C11H14BrN5O/c1-3-16(2)9(18)6-17-10-8(15-11(17)13)4-7(12)5-14-10/h4-5H,3,6H2,1-2H3,(H2,13,15). The third-order valence-corrected chi connectivity index (χ3v) is 3.21. The van der Waals surface area contributed by atoms with Crippen molar-refractivity contribution in [2.75, 3.05) is 19.3 Å². The summed E-state index contributed by atoms with van der Waals surface area (Å²) in [5.74, 6) is 0.279. The Hall–Kier alpha value is -1.63. The Morgan fingerprint density at radius 1 is 1.61 bits per heavy atom. The minimum Gasteiger partial charge on any atom is -0.369 e. The van der Waals surface area contributed by atoms with Crippen molar-refractivity contribution in [1.82, 2.24) is 19.4 Å². The van der Waals surface area contributed by atoms with Crippen LogP contribution in [0.1, 0.15) is 6.92 Å². The average Bonchev–Trinajstić information content (AvgIpc) is 2.64. The summed E-state index contributed by atoms with van der Waals surface area (Å²) in [4.78, 5) is 22.0. The lowest BCUT2D eigenvalue weighted by Gasteiger charge is -2.15. The van der Waals surface area contributed by atoms with Gasteiger partial charge in [-0.15, -0.1) is 0 Å². The van der Waals surface area contributed by atoms with Crippen LogP contribution in [0.2, 0.25) is 0 Å². The number of pyridine rings is 1. The van der Waals surface area contributed by atoms with E-state index in [-0.39, 0.29) is 12.5 Å². The first-order chi connectivity index (χ1) is 8.52. The minimum atomic E-state index is -0.0202. The van der Waals surface area contributed by atoms with Crippen molar-refractivity contribution >= 4 is 38.9 Å². The van der Waals surface area contributed by atoms with Crippen LogP contribution < -0.4 is 5.73 Å². The highest BCUT2D eigenvalue weighted by Gasteiger charge is 2.14. The van der Waals surface area contributed by atoms with Gasteiger partial charge in [-0.05, 0) is 28.9 Å². The Bertz CT molecular complexity index is 594. The van der Waals surface area contributed by atoms with Crippen LogP contribution >= 0.6 is 15.9 Å². The van der Waals surface area contributed by atoms with Gasteiger partial charge < -0.3 is 10.6 Å². The Morgan fingerprint density at radius 2 is 2.33 bits per heavy atom. The summed E-state index contributed by atoms with van der Waals surface area (Å²) in [5, 5.41) is 0. The molecule has 0 aromatic carbocycles. The normalized spacial score (nSPS) is 10.8. The van der Waals surface area contributed by atoms with Gasteiger partial charge in [-0.25, -0.2) is 9.97 Å². The molecule has 0 fully saturated rings. The van der Waals surface area contributed by atoms with Crippen molar-refractivity contribution in [2.45, 2.75) is 13.5 Å². The zero-order chi connectivity index (χ0) is 13.3. The van der Waals surface area contributed by atoms with Crippen LogP contribution in [0.4, 0.5) is 5.95 Å². The van der Waals surface area contributed by atoms with E-state index in [0.29, 0.717) is 23.7 Å². The predicted molar refractivity (Wildman–Crippen MR) is 73.0 cm³/mol. The number of hydrogen-bond donors (Lipinski definition) is 1. The molecule has 0 atom stereocenters. The monoisotopic (exact) mass is 311 g/mol. The Balaban J connectivity index is 2.39. The fourth-order valence-electron chi connectivity index (χ4n) is 1.59. The van der Waals surface area contributed by atoms with E-state index in [4.69, 9.17) is 5.73 Å². The molecule has 0 radical (unpaired) electrons. The number of anilines is 1. The summed E-state index contributed by atoms with van der Waals surface area (Å²) in [6.07, 6.45) is 1.66. The molecule has 1 amide bonds. The lowest BCUT2D eigenvalue weighted by Crippen LogP contribution is -2.30. The molecule has 2 heterocycles. The summed E-state index contributed by atoms with van der Waals surface area (Å²) >= 11 is 3.32. The molecule has 7 heteroatoms. The van der Waals surface area contributed by atoms with Crippen molar-refractivity contribution in [2.24, 2.45) is 0 Å². The molecule has 0 bridgehead atoms. The Morgan fingerprint density at radius 3 is 3.00 bits per heavy atom. The third-order valence-electron chi connectivity index (χ3n) is 2.77. The third kappa shape index (κ3) is 2.31. The van der Waals surface area contributed by atoms with Gasteiger partial charge in [0, 0.05) is 24.3 Å². The van der Waals surface area contributed by atoms with E-state index >= 15 is 0 Å². The molecule has 0 spiro atoms. The largest absolute Gasteiger partial charge is 0.369 e. The molecule has 96 valence electrons. The SMILES string of the molecule is CCN(C)C(=O)Cn1c(N)nc2cc(Br)cnc21. The lowest BCUT2D eigenvalue weighted by atomic mass is 10.4. The molecule has 18 heavy (non-hydrogen) atoms. The van der Waals surface area contributed by atoms with Crippen molar-refractivity contribution in [3.05, 3.63) is 16.7 Å². The lowest BCUT2D eigenvalue weighted by molar-refractivity contribution is -0.130. The second kappa shape index (κ2) is 4.93. The highest BCUT2D eigenvalue weighted by atomic mass is 79.9. The van der Waals surface area contributed by atoms with Crippen LogP contribution in [0.15, 0.2) is 16.7 Å². The van der Waals surface area contributed by atoms with Gasteiger partial charge in [-0.3, -0.25) is 9.36 Å². The maximum absolute atomic E-state index is 11.9. The van der Waals surface area contributed by atoms with E-state index in [2.05, 4.69) is 25.9 Å². The summed E-state index contributed by atoms with van der Waals surface area (Å²) in [6, 6.07) is 1.82. The van der Waals surface area contributed by atoms with Crippen molar-refractivity contribution in [3.63, 3.8) is 0 Å². The fraction of sp³-hybridized carbons (Fsp3) is 0.364. The number of rotatable bonds is 3. The predicted octanol–water partition coefficient (Wildman–Crippen LogP) is 1.25. The number of aromatic nitrogens is 3. The summed E-state index contributed by atoms with van der Waals surface area (Å²) in [7, 11) is 1.75. The molecular formula is C11H14BrN5O. The molecule has 2 N–H and O–H groups in total. The smallest absolute Gasteiger partial charge is 0.242 e. The first-order valence-electron chi connectivity index (χ1n) is 5.54.